The fourth-order valence-electron chi connectivity index (χ4n) is 6.98. The molecule has 8 heteroatoms. The Labute approximate surface area is 283 Å². The van der Waals surface area contributed by atoms with Gasteiger partial charge in [0.15, 0.2) is 11.6 Å². The molecule has 0 aliphatic heterocycles. The third-order valence-corrected chi connectivity index (χ3v) is 9.59. The molecule has 226 valence electrons. The molecule has 4 heterocycles. The van der Waals surface area contributed by atoms with Crippen LogP contribution in [0.1, 0.15) is 0 Å². The number of nitrogens with zero attached hydrogens (tertiary/aromatic N) is 6. The summed E-state index contributed by atoms with van der Waals surface area (Å²) < 4.78 is 4.45. The van der Waals surface area contributed by atoms with Crippen LogP contribution in [0.5, 0.6) is 0 Å². The van der Waals surface area contributed by atoms with E-state index in [4.69, 9.17) is 43.1 Å². The highest BCUT2D eigenvalue weighted by Gasteiger charge is 2.22. The lowest BCUT2D eigenvalue weighted by Crippen LogP contribution is -2.07. The highest BCUT2D eigenvalue weighted by molar-refractivity contribution is 6.31. The van der Waals surface area contributed by atoms with Crippen molar-refractivity contribution in [2.75, 3.05) is 0 Å². The van der Waals surface area contributed by atoms with E-state index in [2.05, 4.69) is 87.8 Å². The normalized spacial score (nSPS) is 12.0. The van der Waals surface area contributed by atoms with E-state index in [-0.39, 0.29) is 0 Å². The summed E-state index contributed by atoms with van der Waals surface area (Å²) in [4.78, 5) is 20.4. The molecule has 0 spiro atoms. The minimum Gasteiger partial charge on any atom is -0.292 e. The lowest BCUT2D eigenvalue weighted by molar-refractivity contribution is 0.955. The van der Waals surface area contributed by atoms with Crippen LogP contribution >= 0.6 is 23.2 Å². The van der Waals surface area contributed by atoms with E-state index in [1.165, 1.54) is 0 Å². The van der Waals surface area contributed by atoms with E-state index in [9.17, 15) is 0 Å². The van der Waals surface area contributed by atoms with Gasteiger partial charge in [0.05, 0.1) is 27.6 Å². The SMILES string of the molecule is Clc1ccc(-c2nc(-c3ccc(Cl)cc3)nc(-n3c4ccccc4c4ccc5c(c6ccccc6n6c7ccccc7nc56)c43)n2)cc1. The number of benzene rings is 6. The summed E-state index contributed by atoms with van der Waals surface area (Å²) >= 11 is 12.6. The molecule has 48 heavy (non-hydrogen) atoms. The topological polar surface area (TPSA) is 60.9 Å². The van der Waals surface area contributed by atoms with Crippen molar-refractivity contribution in [3.05, 3.63) is 144 Å². The number of imidazole rings is 1. The Bertz CT molecular complexity index is 2840. The van der Waals surface area contributed by atoms with Gasteiger partial charge < -0.3 is 0 Å². The fraction of sp³-hybridized carbons (Fsp3) is 0. The predicted octanol–water partition coefficient (Wildman–Crippen LogP) is 10.7. The number of aromatic nitrogens is 6. The highest BCUT2D eigenvalue weighted by atomic mass is 35.5. The van der Waals surface area contributed by atoms with Gasteiger partial charge in [-0.15, -0.1) is 0 Å². The number of hydrogen-bond donors (Lipinski definition) is 0. The number of hydrogen-bond acceptors (Lipinski definition) is 4. The standard InChI is InChI=1S/C40H22Cl2N6/c41-25-17-13-23(14-18-25)37-44-38(24-15-19-26(42)20-16-24)46-40(45-37)48-32-10-4-1-7-27(32)28-21-22-30-35(36(28)48)29-8-2-5-11-33(29)47-34-12-6-3-9-31(34)43-39(30)47/h1-22H. The molecule has 6 nitrogen and oxygen atoms in total. The van der Waals surface area contributed by atoms with Crippen molar-refractivity contribution in [2.24, 2.45) is 0 Å². The summed E-state index contributed by atoms with van der Waals surface area (Å²) in [6.45, 7) is 0. The Kier molecular flexibility index (Phi) is 5.88. The summed E-state index contributed by atoms with van der Waals surface area (Å²) in [5.74, 6) is 1.59. The second-order valence-corrected chi connectivity index (χ2v) is 12.7. The van der Waals surface area contributed by atoms with Crippen molar-refractivity contribution >= 4 is 83.4 Å². The molecule has 0 saturated carbocycles. The molecule has 10 aromatic rings. The lowest BCUT2D eigenvalue weighted by Gasteiger charge is -2.14. The molecule has 0 unspecified atom stereocenters. The first-order valence-electron chi connectivity index (χ1n) is 15.5. The van der Waals surface area contributed by atoms with Crippen molar-refractivity contribution in [1.82, 2.24) is 28.9 Å². The molecule has 0 bridgehead atoms. The van der Waals surface area contributed by atoms with Crippen LogP contribution in [0.4, 0.5) is 0 Å². The largest absolute Gasteiger partial charge is 0.292 e. The second kappa shape index (κ2) is 10.3. The minimum atomic E-state index is 0.510. The van der Waals surface area contributed by atoms with Crippen molar-refractivity contribution < 1.29 is 0 Å². The van der Waals surface area contributed by atoms with Gasteiger partial charge in [0.25, 0.3) is 0 Å². The molecule has 4 aromatic heterocycles. The average molecular weight is 658 g/mol. The number of para-hydroxylation sites is 4. The third-order valence-electron chi connectivity index (χ3n) is 9.08. The lowest BCUT2D eigenvalue weighted by atomic mass is 10.0. The van der Waals surface area contributed by atoms with Crippen LogP contribution in [0.2, 0.25) is 10.0 Å². The van der Waals surface area contributed by atoms with Gasteiger partial charge in [-0.05, 0) is 78.9 Å². The van der Waals surface area contributed by atoms with E-state index < -0.39 is 0 Å². The van der Waals surface area contributed by atoms with Gasteiger partial charge in [-0.1, -0.05) is 77.8 Å². The minimum absolute atomic E-state index is 0.510. The molecule has 0 aliphatic rings. The number of pyridine rings is 1. The van der Waals surface area contributed by atoms with Crippen LogP contribution in [-0.4, -0.2) is 28.9 Å². The van der Waals surface area contributed by atoms with E-state index in [0.717, 1.165) is 71.3 Å². The smallest absolute Gasteiger partial charge is 0.238 e. The molecule has 6 aromatic carbocycles. The summed E-state index contributed by atoms with van der Waals surface area (Å²) in [5.41, 5.74) is 7.68. The maximum atomic E-state index is 6.28. The zero-order valence-electron chi connectivity index (χ0n) is 25.1. The van der Waals surface area contributed by atoms with Crippen LogP contribution in [0.15, 0.2) is 133 Å². The molecule has 0 radical (unpaired) electrons. The van der Waals surface area contributed by atoms with Crippen LogP contribution < -0.4 is 0 Å². The van der Waals surface area contributed by atoms with Gasteiger partial charge >= 0.3 is 0 Å². The molecule has 0 aliphatic carbocycles. The Balaban J connectivity index is 1.39. The van der Waals surface area contributed by atoms with Gasteiger partial charge in [0.1, 0.15) is 5.65 Å². The summed E-state index contributed by atoms with van der Waals surface area (Å²) in [6.07, 6.45) is 0. The van der Waals surface area contributed by atoms with E-state index in [0.29, 0.717) is 27.6 Å². The average Bonchev–Trinajstić information content (AvgIpc) is 3.69. The van der Waals surface area contributed by atoms with Gasteiger partial charge in [0, 0.05) is 48.1 Å². The van der Waals surface area contributed by atoms with Gasteiger partial charge in [-0.2, -0.15) is 9.97 Å². The summed E-state index contributed by atoms with van der Waals surface area (Å²) in [5, 5.41) is 6.74. The Morgan fingerprint density at radius 2 is 1.00 bits per heavy atom. The van der Waals surface area contributed by atoms with Crippen LogP contribution in [-0.2, 0) is 0 Å². The van der Waals surface area contributed by atoms with E-state index in [1.807, 2.05) is 54.6 Å². The zero-order chi connectivity index (χ0) is 31.9. The number of fused-ring (bicyclic) bond motifs is 12. The first-order valence-corrected chi connectivity index (χ1v) is 16.3. The van der Waals surface area contributed by atoms with Crippen molar-refractivity contribution in [3.8, 4) is 28.7 Å². The molecule has 0 fully saturated rings. The molecule has 0 amide bonds. The predicted molar refractivity (Wildman–Crippen MR) is 196 cm³/mol. The van der Waals surface area contributed by atoms with Crippen LogP contribution in [0, 0.1) is 0 Å². The van der Waals surface area contributed by atoms with E-state index >= 15 is 0 Å². The molecule has 0 atom stereocenters. The number of halogens is 2. The fourth-order valence-corrected chi connectivity index (χ4v) is 7.23. The van der Waals surface area contributed by atoms with Gasteiger partial charge in [0.2, 0.25) is 5.95 Å². The molecule has 10 rings (SSSR count). The summed E-state index contributed by atoms with van der Waals surface area (Å²) in [6, 6.07) is 44.8. The zero-order valence-corrected chi connectivity index (χ0v) is 26.7. The van der Waals surface area contributed by atoms with Crippen LogP contribution in [0.3, 0.4) is 0 Å². The monoisotopic (exact) mass is 656 g/mol. The third kappa shape index (κ3) is 4.00. The maximum absolute atomic E-state index is 6.28. The van der Waals surface area contributed by atoms with E-state index in [1.54, 1.807) is 0 Å². The number of rotatable bonds is 3. The summed E-state index contributed by atoms with van der Waals surface area (Å²) in [7, 11) is 0. The quantitative estimate of drug-likeness (QED) is 0.177. The molecule has 0 N–H and O–H groups in total. The Morgan fingerprint density at radius 1 is 0.438 bits per heavy atom. The van der Waals surface area contributed by atoms with Crippen molar-refractivity contribution in [3.63, 3.8) is 0 Å². The van der Waals surface area contributed by atoms with Gasteiger partial charge in [-0.3, -0.25) is 8.97 Å². The van der Waals surface area contributed by atoms with Crippen molar-refractivity contribution in [2.45, 2.75) is 0 Å². The maximum Gasteiger partial charge on any atom is 0.238 e. The molecular weight excluding hydrogens is 635 g/mol. The van der Waals surface area contributed by atoms with Gasteiger partial charge in [-0.25, -0.2) is 9.97 Å². The van der Waals surface area contributed by atoms with Crippen LogP contribution in [0.25, 0.3) is 88.9 Å². The second-order valence-electron chi connectivity index (χ2n) is 11.8. The Hall–Kier alpha value is -5.82. The molecule has 0 saturated heterocycles. The highest BCUT2D eigenvalue weighted by Crippen LogP contribution is 2.41. The molecular formula is C40H22Cl2N6. The first kappa shape index (κ1) is 27.3. The Morgan fingerprint density at radius 3 is 1.69 bits per heavy atom. The first-order chi connectivity index (χ1) is 23.6. The van der Waals surface area contributed by atoms with Crippen molar-refractivity contribution in [1.29, 1.82) is 0 Å².